The topological polar surface area (TPSA) is 84.9 Å². The summed E-state index contributed by atoms with van der Waals surface area (Å²) in [6.45, 7) is 8.28. The molecule has 0 aliphatic heterocycles. The second kappa shape index (κ2) is 13.6. The van der Waals surface area contributed by atoms with E-state index >= 15 is 0 Å². The third-order valence-electron chi connectivity index (χ3n) is 5.65. The molecule has 0 radical (unpaired) electrons. The summed E-state index contributed by atoms with van der Waals surface area (Å²) in [6, 6.07) is 12.9. The summed E-state index contributed by atoms with van der Waals surface area (Å²) in [4.78, 5) is 24.0. The van der Waals surface area contributed by atoms with Gasteiger partial charge in [0.15, 0.2) is 5.60 Å². The first kappa shape index (κ1) is 27.2. The summed E-state index contributed by atoms with van der Waals surface area (Å²) in [5, 5.41) is 12.2. The minimum absolute atomic E-state index is 0.148. The van der Waals surface area contributed by atoms with Gasteiger partial charge in [0.1, 0.15) is 11.5 Å². The number of carbonyl (C=O) groups excluding carboxylic acids is 1. The smallest absolute Gasteiger partial charge is 0.347 e. The fourth-order valence-corrected chi connectivity index (χ4v) is 3.49. The van der Waals surface area contributed by atoms with E-state index in [0.717, 1.165) is 24.0 Å². The van der Waals surface area contributed by atoms with Crippen molar-refractivity contribution < 1.29 is 24.2 Å². The second-order valence-electron chi connectivity index (χ2n) is 9.18. The molecule has 0 bridgehead atoms. The van der Waals surface area contributed by atoms with Crippen LogP contribution in [0.15, 0.2) is 42.5 Å². The predicted octanol–water partition coefficient (Wildman–Crippen LogP) is 5.95. The molecule has 0 spiro atoms. The van der Waals surface area contributed by atoms with Crippen LogP contribution in [0.2, 0.25) is 0 Å². The van der Waals surface area contributed by atoms with Crippen LogP contribution in [0.4, 0.5) is 0 Å². The summed E-state index contributed by atoms with van der Waals surface area (Å²) in [5.41, 5.74) is 1.30. The lowest BCUT2D eigenvalue weighted by atomic mass is 10.1. The largest absolute Gasteiger partial charge is 0.493 e. The van der Waals surface area contributed by atoms with Crippen molar-refractivity contribution >= 4 is 11.9 Å². The maximum Gasteiger partial charge on any atom is 0.347 e. The van der Waals surface area contributed by atoms with Crippen molar-refractivity contribution in [3.63, 3.8) is 0 Å². The number of benzene rings is 2. The molecule has 0 atom stereocenters. The van der Waals surface area contributed by atoms with Crippen LogP contribution in [0.3, 0.4) is 0 Å². The number of hydrogen-bond donors (Lipinski definition) is 2. The van der Waals surface area contributed by atoms with Gasteiger partial charge in [-0.3, -0.25) is 4.79 Å². The number of rotatable bonds is 15. The highest BCUT2D eigenvalue weighted by molar-refractivity contribution is 5.97. The first-order valence-corrected chi connectivity index (χ1v) is 12.3. The number of carboxylic acids is 1. The molecule has 6 heteroatoms. The molecular formula is C28H39NO5. The summed E-state index contributed by atoms with van der Waals surface area (Å²) < 4.78 is 11.5. The number of amides is 1. The van der Waals surface area contributed by atoms with Gasteiger partial charge in [-0.15, -0.1) is 0 Å². The van der Waals surface area contributed by atoms with E-state index in [4.69, 9.17) is 9.47 Å². The molecule has 2 N–H and O–H groups in total. The monoisotopic (exact) mass is 469 g/mol. The molecule has 2 aromatic carbocycles. The van der Waals surface area contributed by atoms with Crippen LogP contribution in [0.5, 0.6) is 11.5 Å². The normalized spacial score (nSPS) is 11.2. The van der Waals surface area contributed by atoms with Crippen LogP contribution in [0.1, 0.15) is 80.8 Å². The average molecular weight is 470 g/mol. The maximum atomic E-state index is 12.8. The second-order valence-corrected chi connectivity index (χ2v) is 9.18. The lowest BCUT2D eigenvalue weighted by Crippen LogP contribution is -2.37. The number of hydrogen-bond acceptors (Lipinski definition) is 4. The molecule has 0 saturated heterocycles. The number of aryl methyl sites for hydroxylation is 1. The third-order valence-corrected chi connectivity index (χ3v) is 5.65. The van der Waals surface area contributed by atoms with Gasteiger partial charge in [-0.25, -0.2) is 4.79 Å². The van der Waals surface area contributed by atoms with E-state index < -0.39 is 11.6 Å². The standard InChI is InChI=1S/C28H39NO5/c1-5-6-7-8-9-10-19-33-25-16-11-21(2)20-24(25)26(30)29-18-17-22-12-14-23(15-13-22)34-28(3,4)27(31)32/h11-16,20H,5-10,17-19H2,1-4H3,(H,29,30)(H,31,32). The van der Waals surface area contributed by atoms with Crippen LogP contribution < -0.4 is 14.8 Å². The van der Waals surface area contributed by atoms with Gasteiger partial charge in [-0.05, 0) is 63.4 Å². The number of carbonyl (C=O) groups is 2. The van der Waals surface area contributed by atoms with E-state index in [1.807, 2.05) is 37.3 Å². The summed E-state index contributed by atoms with van der Waals surface area (Å²) in [7, 11) is 0. The van der Waals surface area contributed by atoms with Crippen molar-refractivity contribution in [2.24, 2.45) is 0 Å². The number of unbranched alkanes of at least 4 members (excludes halogenated alkanes) is 5. The highest BCUT2D eigenvalue weighted by Crippen LogP contribution is 2.22. The zero-order chi connectivity index (χ0) is 25.0. The molecule has 2 aromatic rings. The SMILES string of the molecule is CCCCCCCCOc1ccc(C)cc1C(=O)NCCc1ccc(OC(C)(C)C(=O)O)cc1. The van der Waals surface area contributed by atoms with Gasteiger partial charge >= 0.3 is 5.97 Å². The molecule has 186 valence electrons. The van der Waals surface area contributed by atoms with E-state index in [1.54, 1.807) is 12.1 Å². The third kappa shape index (κ3) is 9.08. The van der Waals surface area contributed by atoms with Gasteiger partial charge < -0.3 is 19.9 Å². The van der Waals surface area contributed by atoms with E-state index in [2.05, 4.69) is 12.2 Å². The first-order valence-electron chi connectivity index (χ1n) is 12.3. The average Bonchev–Trinajstić information content (AvgIpc) is 2.80. The van der Waals surface area contributed by atoms with Crippen LogP contribution in [-0.2, 0) is 11.2 Å². The Bertz CT molecular complexity index is 921. The van der Waals surface area contributed by atoms with Crippen LogP contribution in [-0.4, -0.2) is 35.7 Å². The molecular weight excluding hydrogens is 430 g/mol. The maximum absolute atomic E-state index is 12.8. The molecule has 34 heavy (non-hydrogen) atoms. The Morgan fingerprint density at radius 1 is 0.971 bits per heavy atom. The minimum Gasteiger partial charge on any atom is -0.493 e. The molecule has 0 aliphatic rings. The quantitative estimate of drug-likeness (QED) is 0.315. The highest BCUT2D eigenvalue weighted by Gasteiger charge is 2.29. The van der Waals surface area contributed by atoms with Crippen molar-refractivity contribution in [1.82, 2.24) is 5.32 Å². The van der Waals surface area contributed by atoms with Crippen molar-refractivity contribution in [1.29, 1.82) is 0 Å². The van der Waals surface area contributed by atoms with Gasteiger partial charge in [-0.2, -0.15) is 0 Å². The van der Waals surface area contributed by atoms with Gasteiger partial charge in [-0.1, -0.05) is 62.8 Å². The Morgan fingerprint density at radius 3 is 2.32 bits per heavy atom. The van der Waals surface area contributed by atoms with Crippen molar-refractivity contribution in [3.05, 3.63) is 59.2 Å². The molecule has 0 aliphatic carbocycles. The first-order chi connectivity index (χ1) is 16.2. The number of aliphatic carboxylic acids is 1. The summed E-state index contributed by atoms with van der Waals surface area (Å²) >= 11 is 0. The highest BCUT2D eigenvalue weighted by atomic mass is 16.5. The van der Waals surface area contributed by atoms with Gasteiger partial charge in [0.05, 0.1) is 12.2 Å². The molecule has 0 fully saturated rings. The molecule has 6 nitrogen and oxygen atoms in total. The molecule has 1 amide bonds. The number of nitrogens with one attached hydrogen (secondary N) is 1. The Labute approximate surface area is 203 Å². The van der Waals surface area contributed by atoms with Crippen LogP contribution in [0, 0.1) is 6.92 Å². The number of carboxylic acid groups (broad SMARTS) is 1. The van der Waals surface area contributed by atoms with Crippen molar-refractivity contribution in [3.8, 4) is 11.5 Å². The lowest BCUT2D eigenvalue weighted by Gasteiger charge is -2.21. The molecule has 2 rings (SSSR count). The van der Waals surface area contributed by atoms with Gasteiger partial charge in [0.25, 0.3) is 5.91 Å². The summed E-state index contributed by atoms with van der Waals surface area (Å²) in [6.07, 6.45) is 7.79. The van der Waals surface area contributed by atoms with E-state index in [-0.39, 0.29) is 5.91 Å². The Kier molecular flexibility index (Phi) is 10.9. The zero-order valence-corrected chi connectivity index (χ0v) is 21.0. The summed E-state index contributed by atoms with van der Waals surface area (Å²) in [5.74, 6) is -0.0538. The van der Waals surface area contributed by atoms with E-state index in [0.29, 0.717) is 36.6 Å². The Balaban J connectivity index is 1.84. The molecule has 0 heterocycles. The lowest BCUT2D eigenvalue weighted by molar-refractivity contribution is -0.152. The fourth-order valence-electron chi connectivity index (χ4n) is 3.49. The van der Waals surface area contributed by atoms with Crippen molar-refractivity contribution in [2.45, 2.75) is 78.2 Å². The molecule has 0 saturated carbocycles. The van der Waals surface area contributed by atoms with Gasteiger partial charge in [0.2, 0.25) is 0 Å². The fraction of sp³-hybridized carbons (Fsp3) is 0.500. The van der Waals surface area contributed by atoms with Gasteiger partial charge in [0, 0.05) is 6.54 Å². The van der Waals surface area contributed by atoms with Crippen molar-refractivity contribution in [2.75, 3.05) is 13.2 Å². The van der Waals surface area contributed by atoms with Crippen LogP contribution in [0.25, 0.3) is 0 Å². The van der Waals surface area contributed by atoms with Crippen LogP contribution >= 0.6 is 0 Å². The van der Waals surface area contributed by atoms with E-state index in [9.17, 15) is 14.7 Å². The minimum atomic E-state index is -1.29. The Hall–Kier alpha value is -3.02. The zero-order valence-electron chi connectivity index (χ0n) is 21.0. The molecule has 0 aromatic heterocycles. The van der Waals surface area contributed by atoms with E-state index in [1.165, 1.54) is 39.5 Å². The molecule has 0 unspecified atom stereocenters. The number of ether oxygens (including phenoxy) is 2. The predicted molar refractivity (Wildman–Crippen MR) is 135 cm³/mol. The Morgan fingerprint density at radius 2 is 1.65 bits per heavy atom.